The van der Waals surface area contributed by atoms with E-state index in [1.165, 1.54) is 4.90 Å². The predicted octanol–water partition coefficient (Wildman–Crippen LogP) is 4.51. The van der Waals surface area contributed by atoms with Gasteiger partial charge < -0.3 is 15.4 Å². The van der Waals surface area contributed by atoms with Crippen molar-refractivity contribution in [2.24, 2.45) is 0 Å². The maximum Gasteiger partial charge on any atom is 0.355 e. The van der Waals surface area contributed by atoms with Gasteiger partial charge in [0.15, 0.2) is 5.66 Å². The van der Waals surface area contributed by atoms with Crippen LogP contribution in [-0.4, -0.2) is 23.8 Å². The monoisotopic (exact) mass is 467 g/mol. The van der Waals surface area contributed by atoms with Gasteiger partial charge >= 0.3 is 11.9 Å². The van der Waals surface area contributed by atoms with Gasteiger partial charge in [-0.25, -0.2) is 4.79 Å². The summed E-state index contributed by atoms with van der Waals surface area (Å²) >= 11 is 0. The molecule has 7 heteroatoms. The number of nitrogens with zero attached hydrogens (tertiary/aromatic N) is 1. The zero-order valence-electron chi connectivity index (χ0n) is 19.7. The first-order chi connectivity index (χ1) is 16.8. The van der Waals surface area contributed by atoms with E-state index in [0.717, 1.165) is 5.56 Å². The van der Waals surface area contributed by atoms with Crippen LogP contribution in [0.5, 0.6) is 0 Å². The smallest absolute Gasteiger partial charge is 0.355 e. The van der Waals surface area contributed by atoms with Crippen LogP contribution in [0.25, 0.3) is 0 Å². The van der Waals surface area contributed by atoms with Crippen LogP contribution in [0.2, 0.25) is 0 Å². The summed E-state index contributed by atoms with van der Waals surface area (Å²) in [6.07, 6.45) is -0.421. The molecule has 0 radical (unpaired) electrons. The standard InChI is InChI=1S/C28H25N3O4/c1-17(2)35-27(34)24-23-25(32)26(33)31(20-15-13-18(3)14-16-20)28(23,19-9-5-4-6-10-19)30-22-12-8-7-11-21(22)29-24/h4-17,29-30H,1-3H3. The molecule has 2 aliphatic rings. The van der Waals surface area contributed by atoms with Crippen molar-refractivity contribution in [1.29, 1.82) is 0 Å². The molecule has 2 heterocycles. The highest BCUT2D eigenvalue weighted by Gasteiger charge is 2.60. The number of benzene rings is 3. The number of anilines is 3. The number of hydrogen-bond donors (Lipinski definition) is 2. The van der Waals surface area contributed by atoms with Gasteiger partial charge in [-0.3, -0.25) is 14.5 Å². The minimum Gasteiger partial charge on any atom is -0.458 e. The largest absolute Gasteiger partial charge is 0.458 e. The lowest BCUT2D eigenvalue weighted by molar-refractivity contribution is -0.142. The maximum absolute atomic E-state index is 13.7. The average molecular weight is 468 g/mol. The van der Waals surface area contributed by atoms with E-state index in [4.69, 9.17) is 4.74 Å². The number of para-hydroxylation sites is 2. The third-order valence-electron chi connectivity index (χ3n) is 6.10. The fourth-order valence-electron chi connectivity index (χ4n) is 4.60. The second-order valence-corrected chi connectivity index (χ2v) is 8.88. The van der Waals surface area contributed by atoms with Crippen LogP contribution in [0.15, 0.2) is 90.1 Å². The third kappa shape index (κ3) is 3.56. The normalized spacial score (nSPS) is 19.0. The zero-order valence-corrected chi connectivity index (χ0v) is 19.7. The molecule has 2 N–H and O–H groups in total. The minimum absolute atomic E-state index is 0.00359. The van der Waals surface area contributed by atoms with Crippen LogP contribution < -0.4 is 15.5 Å². The Morgan fingerprint density at radius 1 is 0.886 bits per heavy atom. The van der Waals surface area contributed by atoms with Gasteiger partial charge in [0.2, 0.25) is 0 Å². The quantitative estimate of drug-likeness (QED) is 0.434. The molecule has 0 spiro atoms. The summed E-state index contributed by atoms with van der Waals surface area (Å²) in [6, 6.07) is 23.8. The summed E-state index contributed by atoms with van der Waals surface area (Å²) in [5.41, 5.74) is 1.82. The summed E-state index contributed by atoms with van der Waals surface area (Å²) < 4.78 is 5.52. The molecule has 3 aromatic rings. The predicted molar refractivity (Wildman–Crippen MR) is 134 cm³/mol. The molecule has 2 aliphatic heterocycles. The molecule has 1 fully saturated rings. The van der Waals surface area contributed by atoms with Crippen molar-refractivity contribution < 1.29 is 19.1 Å². The Bertz CT molecular complexity index is 1360. The number of esters is 1. The van der Waals surface area contributed by atoms with Gasteiger partial charge in [-0.1, -0.05) is 60.2 Å². The van der Waals surface area contributed by atoms with E-state index < -0.39 is 29.4 Å². The van der Waals surface area contributed by atoms with E-state index in [0.29, 0.717) is 22.6 Å². The molecule has 5 rings (SSSR count). The number of carbonyl (C=O) groups excluding carboxylic acids is 3. The number of ketones is 1. The number of ether oxygens (including phenoxy) is 1. The SMILES string of the molecule is Cc1ccc(N2C(=O)C(=O)C3=C(C(=O)OC(C)C)Nc4ccccc4NC32c2ccccc2)cc1. The first-order valence-electron chi connectivity index (χ1n) is 11.4. The number of aryl methyl sites for hydroxylation is 1. The summed E-state index contributed by atoms with van der Waals surface area (Å²) in [5.74, 6) is -2.23. The van der Waals surface area contributed by atoms with Crippen molar-refractivity contribution in [3.63, 3.8) is 0 Å². The molecule has 1 amide bonds. The highest BCUT2D eigenvalue weighted by atomic mass is 16.5. The van der Waals surface area contributed by atoms with Gasteiger partial charge in [0.25, 0.3) is 5.78 Å². The number of nitrogens with one attached hydrogen (secondary N) is 2. The number of Topliss-reactive ketones (excluding diaryl/α,β-unsaturated/α-hetero) is 1. The van der Waals surface area contributed by atoms with Gasteiger partial charge in [0.1, 0.15) is 5.70 Å². The number of carbonyl (C=O) groups is 3. The molecule has 1 atom stereocenters. The molecular weight excluding hydrogens is 442 g/mol. The highest BCUT2D eigenvalue weighted by Crippen LogP contribution is 2.49. The van der Waals surface area contributed by atoms with Crippen LogP contribution in [0.1, 0.15) is 25.0 Å². The maximum atomic E-state index is 13.7. The van der Waals surface area contributed by atoms with E-state index >= 15 is 0 Å². The molecule has 176 valence electrons. The van der Waals surface area contributed by atoms with Crippen molar-refractivity contribution in [3.05, 3.63) is 101 Å². The molecule has 0 aromatic heterocycles. The first-order valence-corrected chi connectivity index (χ1v) is 11.4. The second-order valence-electron chi connectivity index (χ2n) is 8.88. The number of rotatable bonds is 4. The van der Waals surface area contributed by atoms with Gasteiger partial charge in [-0.05, 0) is 45.0 Å². The molecule has 3 aromatic carbocycles. The number of hydrogen-bond acceptors (Lipinski definition) is 6. The van der Waals surface area contributed by atoms with E-state index in [-0.39, 0.29) is 11.3 Å². The molecule has 0 saturated carbocycles. The van der Waals surface area contributed by atoms with E-state index in [1.807, 2.05) is 67.6 Å². The lowest BCUT2D eigenvalue weighted by Gasteiger charge is -2.40. The van der Waals surface area contributed by atoms with Gasteiger partial charge in [-0.2, -0.15) is 0 Å². The Balaban J connectivity index is 1.88. The fourth-order valence-corrected chi connectivity index (χ4v) is 4.60. The summed E-state index contributed by atoms with van der Waals surface area (Å²) in [5, 5.41) is 6.58. The van der Waals surface area contributed by atoms with Crippen molar-refractivity contribution in [2.45, 2.75) is 32.5 Å². The van der Waals surface area contributed by atoms with Crippen molar-refractivity contribution in [1.82, 2.24) is 0 Å². The van der Waals surface area contributed by atoms with Gasteiger partial charge in [0, 0.05) is 11.3 Å². The summed E-state index contributed by atoms with van der Waals surface area (Å²) in [4.78, 5) is 42.2. The van der Waals surface area contributed by atoms with Crippen molar-refractivity contribution in [3.8, 4) is 0 Å². The molecule has 0 aliphatic carbocycles. The topological polar surface area (TPSA) is 87.7 Å². The summed E-state index contributed by atoms with van der Waals surface area (Å²) in [7, 11) is 0. The van der Waals surface area contributed by atoms with E-state index in [1.54, 1.807) is 32.0 Å². The molecular formula is C28H25N3O4. The van der Waals surface area contributed by atoms with Crippen LogP contribution in [-0.2, 0) is 24.8 Å². The summed E-state index contributed by atoms with van der Waals surface area (Å²) in [6.45, 7) is 5.41. The molecule has 1 saturated heterocycles. The number of amides is 1. The lowest BCUT2D eigenvalue weighted by Crippen LogP contribution is -2.50. The first kappa shape index (κ1) is 22.4. The second kappa shape index (κ2) is 8.43. The van der Waals surface area contributed by atoms with E-state index in [9.17, 15) is 14.4 Å². The Labute approximate surface area is 203 Å². The third-order valence-corrected chi connectivity index (χ3v) is 6.10. The van der Waals surface area contributed by atoms with E-state index in [2.05, 4.69) is 10.6 Å². The van der Waals surface area contributed by atoms with Crippen molar-refractivity contribution >= 4 is 34.7 Å². The average Bonchev–Trinajstić information content (AvgIpc) is 2.97. The Hall–Kier alpha value is -4.39. The van der Waals surface area contributed by atoms with Crippen LogP contribution in [0.4, 0.5) is 17.1 Å². The lowest BCUT2D eigenvalue weighted by atomic mass is 9.89. The Morgan fingerprint density at radius 2 is 1.51 bits per heavy atom. The molecule has 0 bridgehead atoms. The molecule has 7 nitrogen and oxygen atoms in total. The van der Waals surface area contributed by atoms with Crippen molar-refractivity contribution in [2.75, 3.05) is 15.5 Å². The number of fused-ring (bicyclic) bond motifs is 2. The fraction of sp³-hybridized carbons (Fsp3) is 0.179. The van der Waals surface area contributed by atoms with Gasteiger partial charge in [0.05, 0.1) is 23.1 Å². The van der Waals surface area contributed by atoms with Gasteiger partial charge in [-0.15, -0.1) is 0 Å². The Morgan fingerprint density at radius 3 is 2.17 bits per heavy atom. The molecule has 35 heavy (non-hydrogen) atoms. The zero-order chi connectivity index (χ0) is 24.7. The van der Waals surface area contributed by atoms with Crippen LogP contribution in [0, 0.1) is 6.92 Å². The minimum atomic E-state index is -1.49. The molecule has 1 unspecified atom stereocenters. The Kier molecular flexibility index (Phi) is 5.40. The highest BCUT2D eigenvalue weighted by molar-refractivity contribution is 6.52. The van der Waals surface area contributed by atoms with Crippen LogP contribution in [0.3, 0.4) is 0 Å². The van der Waals surface area contributed by atoms with Crippen LogP contribution >= 0.6 is 0 Å².